The molecule has 1 aliphatic rings. The summed E-state index contributed by atoms with van der Waals surface area (Å²) >= 11 is 5.81. The lowest BCUT2D eigenvalue weighted by Gasteiger charge is -2.28. The number of carbonyl (C=O) groups is 2. The molecule has 0 unspecified atom stereocenters. The Bertz CT molecular complexity index is 724. The van der Waals surface area contributed by atoms with Crippen LogP contribution in [0.5, 0.6) is 0 Å². The van der Waals surface area contributed by atoms with E-state index in [1.807, 2.05) is 17.0 Å². The standard InChI is InChI=1S/C19H18ClNO2/c20-17-7-5-15(6-8-17)18(22)9-10-19(23)21-12-11-14-3-1-2-4-16(14)13-21/h1-8H,9-13H2. The third kappa shape index (κ3) is 3.80. The van der Waals surface area contributed by atoms with Crippen molar-refractivity contribution in [3.63, 3.8) is 0 Å². The Hall–Kier alpha value is -2.13. The molecule has 2 aromatic rings. The quantitative estimate of drug-likeness (QED) is 0.799. The van der Waals surface area contributed by atoms with Crippen LogP contribution in [0.2, 0.25) is 5.02 Å². The first kappa shape index (κ1) is 15.8. The molecule has 3 rings (SSSR count). The Morgan fingerprint density at radius 1 is 0.957 bits per heavy atom. The van der Waals surface area contributed by atoms with Crippen LogP contribution in [0, 0.1) is 0 Å². The number of Topliss-reactive ketones (excluding diaryl/α,β-unsaturated/α-hetero) is 1. The maximum Gasteiger partial charge on any atom is 0.223 e. The molecule has 23 heavy (non-hydrogen) atoms. The minimum atomic E-state index is -0.0209. The van der Waals surface area contributed by atoms with Gasteiger partial charge in [0, 0.05) is 36.5 Å². The SMILES string of the molecule is O=C(CCC(=O)N1CCc2ccccc2C1)c1ccc(Cl)cc1. The highest BCUT2D eigenvalue weighted by Gasteiger charge is 2.20. The van der Waals surface area contributed by atoms with Crippen molar-refractivity contribution in [1.82, 2.24) is 4.90 Å². The number of nitrogens with zero attached hydrogens (tertiary/aromatic N) is 1. The molecule has 118 valence electrons. The molecule has 0 saturated carbocycles. The highest BCUT2D eigenvalue weighted by molar-refractivity contribution is 6.30. The van der Waals surface area contributed by atoms with Gasteiger partial charge in [-0.25, -0.2) is 0 Å². The number of hydrogen-bond acceptors (Lipinski definition) is 2. The summed E-state index contributed by atoms with van der Waals surface area (Å²) in [7, 11) is 0. The predicted molar refractivity (Wildman–Crippen MR) is 90.6 cm³/mol. The fraction of sp³-hybridized carbons (Fsp3) is 0.263. The fourth-order valence-electron chi connectivity index (χ4n) is 2.87. The number of hydrogen-bond donors (Lipinski definition) is 0. The summed E-state index contributed by atoms with van der Waals surface area (Å²) in [6.45, 7) is 1.37. The van der Waals surface area contributed by atoms with E-state index < -0.39 is 0 Å². The lowest BCUT2D eigenvalue weighted by molar-refractivity contribution is -0.132. The van der Waals surface area contributed by atoms with Crippen LogP contribution in [0.4, 0.5) is 0 Å². The van der Waals surface area contributed by atoms with Gasteiger partial charge in [-0.15, -0.1) is 0 Å². The smallest absolute Gasteiger partial charge is 0.223 e. The van der Waals surface area contributed by atoms with Crippen molar-refractivity contribution >= 4 is 23.3 Å². The molecule has 0 radical (unpaired) electrons. The van der Waals surface area contributed by atoms with Gasteiger partial charge < -0.3 is 4.90 Å². The van der Waals surface area contributed by atoms with E-state index in [0.29, 0.717) is 17.1 Å². The number of benzene rings is 2. The van der Waals surface area contributed by atoms with E-state index in [1.54, 1.807) is 24.3 Å². The maximum absolute atomic E-state index is 12.4. The number of carbonyl (C=O) groups excluding carboxylic acids is 2. The van der Waals surface area contributed by atoms with Crippen LogP contribution in [0.1, 0.15) is 34.3 Å². The van der Waals surface area contributed by atoms with E-state index >= 15 is 0 Å². The monoisotopic (exact) mass is 327 g/mol. The van der Waals surface area contributed by atoms with Crippen LogP contribution >= 0.6 is 11.6 Å². The van der Waals surface area contributed by atoms with Crippen molar-refractivity contribution in [2.45, 2.75) is 25.8 Å². The van der Waals surface area contributed by atoms with Gasteiger partial charge in [-0.05, 0) is 41.8 Å². The molecular weight excluding hydrogens is 310 g/mol. The summed E-state index contributed by atoms with van der Waals surface area (Å²) in [5, 5.41) is 0.601. The number of amides is 1. The van der Waals surface area contributed by atoms with Gasteiger partial charge in [0.25, 0.3) is 0 Å². The van der Waals surface area contributed by atoms with Gasteiger partial charge in [0.1, 0.15) is 0 Å². The van der Waals surface area contributed by atoms with Gasteiger partial charge in [-0.1, -0.05) is 35.9 Å². The van der Waals surface area contributed by atoms with E-state index in [0.717, 1.165) is 13.0 Å². The van der Waals surface area contributed by atoms with Crippen LogP contribution in [0.25, 0.3) is 0 Å². The lowest BCUT2D eigenvalue weighted by atomic mass is 9.99. The summed E-state index contributed by atoms with van der Waals surface area (Å²) in [5.74, 6) is 0.0224. The molecule has 0 aromatic heterocycles. The largest absolute Gasteiger partial charge is 0.338 e. The number of fused-ring (bicyclic) bond motifs is 1. The summed E-state index contributed by atoms with van der Waals surface area (Å²) < 4.78 is 0. The van der Waals surface area contributed by atoms with Crippen molar-refractivity contribution in [2.75, 3.05) is 6.54 Å². The van der Waals surface area contributed by atoms with Crippen LogP contribution in [-0.2, 0) is 17.8 Å². The van der Waals surface area contributed by atoms with Crippen LogP contribution in [-0.4, -0.2) is 23.1 Å². The molecule has 0 aliphatic carbocycles. The molecular formula is C19H18ClNO2. The molecule has 4 heteroatoms. The van der Waals surface area contributed by atoms with Crippen molar-refractivity contribution in [1.29, 1.82) is 0 Å². The summed E-state index contributed by atoms with van der Waals surface area (Å²) in [4.78, 5) is 26.3. The topological polar surface area (TPSA) is 37.4 Å². The zero-order chi connectivity index (χ0) is 16.2. The average Bonchev–Trinajstić information content (AvgIpc) is 2.59. The van der Waals surface area contributed by atoms with Gasteiger partial charge >= 0.3 is 0 Å². The summed E-state index contributed by atoms with van der Waals surface area (Å²) in [6.07, 6.45) is 1.37. The summed E-state index contributed by atoms with van der Waals surface area (Å²) in [6, 6.07) is 15.0. The minimum absolute atomic E-state index is 0.0209. The van der Waals surface area contributed by atoms with Gasteiger partial charge in [-0.2, -0.15) is 0 Å². The molecule has 1 heterocycles. The van der Waals surface area contributed by atoms with E-state index in [-0.39, 0.29) is 24.5 Å². The third-order valence-electron chi connectivity index (χ3n) is 4.22. The number of halogens is 1. The first-order chi connectivity index (χ1) is 11.1. The second-order valence-electron chi connectivity index (χ2n) is 5.76. The normalized spacial score (nSPS) is 13.5. The van der Waals surface area contributed by atoms with Crippen molar-refractivity contribution in [3.8, 4) is 0 Å². The predicted octanol–water partition coefficient (Wildman–Crippen LogP) is 3.89. The molecule has 0 spiro atoms. The second-order valence-corrected chi connectivity index (χ2v) is 6.20. The Kier molecular flexibility index (Phi) is 4.77. The molecule has 0 fully saturated rings. The number of rotatable bonds is 4. The van der Waals surface area contributed by atoms with Crippen molar-refractivity contribution < 1.29 is 9.59 Å². The van der Waals surface area contributed by atoms with Gasteiger partial charge in [-0.3, -0.25) is 9.59 Å². The van der Waals surface area contributed by atoms with E-state index in [4.69, 9.17) is 11.6 Å². The van der Waals surface area contributed by atoms with E-state index in [2.05, 4.69) is 12.1 Å². The molecule has 0 saturated heterocycles. The fourth-order valence-corrected chi connectivity index (χ4v) is 2.99. The zero-order valence-electron chi connectivity index (χ0n) is 12.8. The first-order valence-corrected chi connectivity index (χ1v) is 8.14. The first-order valence-electron chi connectivity index (χ1n) is 7.77. The molecule has 2 aromatic carbocycles. The summed E-state index contributed by atoms with van der Waals surface area (Å²) in [5.41, 5.74) is 3.12. The molecule has 0 bridgehead atoms. The highest BCUT2D eigenvalue weighted by atomic mass is 35.5. The maximum atomic E-state index is 12.4. The highest BCUT2D eigenvalue weighted by Crippen LogP contribution is 2.19. The van der Waals surface area contributed by atoms with Crippen LogP contribution in [0.3, 0.4) is 0 Å². The van der Waals surface area contributed by atoms with E-state index in [9.17, 15) is 9.59 Å². The molecule has 3 nitrogen and oxygen atoms in total. The molecule has 0 atom stereocenters. The van der Waals surface area contributed by atoms with Crippen LogP contribution in [0.15, 0.2) is 48.5 Å². The molecule has 0 N–H and O–H groups in total. The molecule has 1 amide bonds. The zero-order valence-corrected chi connectivity index (χ0v) is 13.6. The Morgan fingerprint density at radius 3 is 2.39 bits per heavy atom. The Balaban J connectivity index is 1.56. The van der Waals surface area contributed by atoms with Crippen molar-refractivity contribution in [3.05, 3.63) is 70.2 Å². The minimum Gasteiger partial charge on any atom is -0.338 e. The third-order valence-corrected chi connectivity index (χ3v) is 4.47. The van der Waals surface area contributed by atoms with Gasteiger partial charge in [0.2, 0.25) is 5.91 Å². The number of ketones is 1. The van der Waals surface area contributed by atoms with Crippen LogP contribution < -0.4 is 0 Å². The molecule has 1 aliphatic heterocycles. The average molecular weight is 328 g/mol. The Labute approximate surface area is 140 Å². The lowest BCUT2D eigenvalue weighted by Crippen LogP contribution is -2.36. The van der Waals surface area contributed by atoms with Gasteiger partial charge in [0.15, 0.2) is 5.78 Å². The van der Waals surface area contributed by atoms with E-state index in [1.165, 1.54) is 11.1 Å². The second kappa shape index (κ2) is 6.97. The Morgan fingerprint density at radius 2 is 1.65 bits per heavy atom. The van der Waals surface area contributed by atoms with Gasteiger partial charge in [0.05, 0.1) is 0 Å². The van der Waals surface area contributed by atoms with Crippen molar-refractivity contribution in [2.24, 2.45) is 0 Å².